The second-order valence-corrected chi connectivity index (χ2v) is 7.88. The summed E-state index contributed by atoms with van der Waals surface area (Å²) in [6.07, 6.45) is 2.45. The Morgan fingerprint density at radius 2 is 2.21 bits per heavy atom. The number of aromatic nitrogens is 2. The van der Waals surface area contributed by atoms with E-state index in [0.717, 1.165) is 15.8 Å². The quantitative estimate of drug-likeness (QED) is 0.700. The summed E-state index contributed by atoms with van der Waals surface area (Å²) in [6.45, 7) is 2.07. The average Bonchev–Trinajstić information content (AvgIpc) is 3.35. The first kappa shape index (κ1) is 17.0. The lowest BCUT2D eigenvalue weighted by atomic mass is 10.2. The van der Waals surface area contributed by atoms with E-state index in [1.807, 2.05) is 24.3 Å². The minimum absolute atomic E-state index is 0.0498. The molecule has 2 aromatic rings. The smallest absolute Gasteiger partial charge is 0.230 e. The van der Waals surface area contributed by atoms with Gasteiger partial charge in [-0.15, -0.1) is 10.2 Å². The first-order valence-corrected chi connectivity index (χ1v) is 9.61. The van der Waals surface area contributed by atoms with E-state index in [4.69, 9.17) is 4.74 Å². The van der Waals surface area contributed by atoms with Crippen LogP contribution in [0.15, 0.2) is 28.6 Å². The van der Waals surface area contributed by atoms with E-state index in [9.17, 15) is 4.79 Å². The zero-order chi connectivity index (χ0) is 16.9. The lowest BCUT2D eigenvalue weighted by Crippen LogP contribution is -2.35. The van der Waals surface area contributed by atoms with Crippen molar-refractivity contribution >= 4 is 39.8 Å². The monoisotopic (exact) mass is 364 g/mol. The van der Waals surface area contributed by atoms with Crippen molar-refractivity contribution in [3.63, 3.8) is 0 Å². The van der Waals surface area contributed by atoms with Crippen LogP contribution in [0.2, 0.25) is 0 Å². The highest BCUT2D eigenvalue weighted by molar-refractivity contribution is 8.01. The highest BCUT2D eigenvalue weighted by atomic mass is 32.2. The van der Waals surface area contributed by atoms with E-state index in [-0.39, 0.29) is 11.9 Å². The van der Waals surface area contributed by atoms with Crippen LogP contribution in [0.25, 0.3) is 0 Å². The molecule has 0 spiro atoms. The third kappa shape index (κ3) is 4.61. The van der Waals surface area contributed by atoms with Gasteiger partial charge in [0, 0.05) is 6.04 Å². The fraction of sp³-hybridized carbons (Fsp3) is 0.438. The van der Waals surface area contributed by atoms with Gasteiger partial charge >= 0.3 is 0 Å². The molecule has 0 aliphatic heterocycles. The van der Waals surface area contributed by atoms with Crippen LogP contribution in [0.5, 0.6) is 5.75 Å². The van der Waals surface area contributed by atoms with Gasteiger partial charge in [-0.3, -0.25) is 4.79 Å². The van der Waals surface area contributed by atoms with Gasteiger partial charge in [0.05, 0.1) is 18.6 Å². The molecule has 0 radical (unpaired) electrons. The number of anilines is 2. The number of hydrogen-bond acceptors (Lipinski definition) is 7. The summed E-state index contributed by atoms with van der Waals surface area (Å²) in [5.41, 5.74) is 0.837. The molecule has 0 saturated heterocycles. The molecule has 6 nitrogen and oxygen atoms in total. The second-order valence-electron chi connectivity index (χ2n) is 5.68. The van der Waals surface area contributed by atoms with Crippen molar-refractivity contribution in [1.82, 2.24) is 15.5 Å². The molecular weight excluding hydrogens is 344 g/mol. The number of thioether (sulfide) groups is 1. The number of nitrogens with one attached hydrogen (secondary N) is 2. The van der Waals surface area contributed by atoms with Gasteiger partial charge in [0.1, 0.15) is 5.75 Å². The number of rotatable bonds is 8. The van der Waals surface area contributed by atoms with Gasteiger partial charge in [-0.2, -0.15) is 0 Å². The van der Waals surface area contributed by atoms with Crippen LogP contribution < -0.4 is 15.4 Å². The van der Waals surface area contributed by atoms with Crippen molar-refractivity contribution in [1.29, 1.82) is 0 Å². The molecule has 1 heterocycles. The molecule has 128 valence electrons. The lowest BCUT2D eigenvalue weighted by molar-refractivity contribution is -0.119. The fourth-order valence-electron chi connectivity index (χ4n) is 2.32. The van der Waals surface area contributed by atoms with Crippen molar-refractivity contribution in [3.8, 4) is 5.75 Å². The lowest BCUT2D eigenvalue weighted by Gasteiger charge is -2.11. The maximum absolute atomic E-state index is 11.9. The average molecular weight is 364 g/mol. The van der Waals surface area contributed by atoms with Crippen molar-refractivity contribution in [2.45, 2.75) is 30.1 Å². The Balaban J connectivity index is 1.50. The highest BCUT2D eigenvalue weighted by Gasteiger charge is 2.28. The highest BCUT2D eigenvalue weighted by Crippen LogP contribution is 2.33. The Morgan fingerprint density at radius 1 is 1.42 bits per heavy atom. The van der Waals surface area contributed by atoms with Crippen LogP contribution in [0.1, 0.15) is 19.8 Å². The zero-order valence-electron chi connectivity index (χ0n) is 13.6. The van der Waals surface area contributed by atoms with Crippen LogP contribution in [0, 0.1) is 5.92 Å². The number of benzene rings is 1. The first-order valence-electron chi connectivity index (χ1n) is 7.81. The third-order valence-corrected chi connectivity index (χ3v) is 5.77. The number of carbonyl (C=O) groups is 1. The van der Waals surface area contributed by atoms with Crippen LogP contribution >= 0.6 is 23.1 Å². The van der Waals surface area contributed by atoms with Crippen LogP contribution in [0.4, 0.5) is 10.8 Å². The Hall–Kier alpha value is -1.80. The Kier molecular flexibility index (Phi) is 5.57. The molecule has 24 heavy (non-hydrogen) atoms. The van der Waals surface area contributed by atoms with Crippen molar-refractivity contribution in [2.24, 2.45) is 5.92 Å². The zero-order valence-corrected chi connectivity index (χ0v) is 15.2. The van der Waals surface area contributed by atoms with E-state index < -0.39 is 0 Å². The van der Waals surface area contributed by atoms with Gasteiger partial charge in [0.2, 0.25) is 11.0 Å². The van der Waals surface area contributed by atoms with E-state index in [2.05, 4.69) is 27.8 Å². The maximum Gasteiger partial charge on any atom is 0.230 e. The molecule has 1 aliphatic carbocycles. The van der Waals surface area contributed by atoms with E-state index in [0.29, 0.717) is 16.8 Å². The molecule has 1 saturated carbocycles. The van der Waals surface area contributed by atoms with E-state index in [1.165, 1.54) is 35.9 Å². The predicted molar refractivity (Wildman–Crippen MR) is 97.2 cm³/mol. The standard InChI is InChI=1S/C16H20N4O2S2/c1-10(11-7-8-11)17-14(21)9-23-16-20-19-15(24-16)18-12-5-3-4-6-13(12)22-2/h3-6,10-11H,7-9H2,1-2H3,(H,17,21)(H,18,19)/t10-/m0/s1. The van der Waals surface area contributed by atoms with Crippen molar-refractivity contribution in [3.05, 3.63) is 24.3 Å². The number of methoxy groups -OCH3 is 1. The molecule has 0 unspecified atom stereocenters. The van der Waals surface area contributed by atoms with Crippen molar-refractivity contribution < 1.29 is 9.53 Å². The molecule has 3 rings (SSSR count). The summed E-state index contributed by atoms with van der Waals surface area (Å²) in [6, 6.07) is 7.90. The predicted octanol–water partition coefficient (Wildman–Crippen LogP) is 3.30. The number of ether oxygens (including phenoxy) is 1. The fourth-order valence-corrected chi connectivity index (χ4v) is 3.89. The van der Waals surface area contributed by atoms with Gasteiger partial charge in [0.15, 0.2) is 4.34 Å². The van der Waals surface area contributed by atoms with Crippen LogP contribution in [-0.4, -0.2) is 35.0 Å². The van der Waals surface area contributed by atoms with E-state index in [1.54, 1.807) is 7.11 Å². The van der Waals surface area contributed by atoms with Gasteiger partial charge in [0.25, 0.3) is 0 Å². The van der Waals surface area contributed by atoms with E-state index >= 15 is 0 Å². The molecule has 0 bridgehead atoms. The van der Waals surface area contributed by atoms with Gasteiger partial charge in [-0.25, -0.2) is 0 Å². The molecule has 1 aromatic carbocycles. The summed E-state index contributed by atoms with van der Waals surface area (Å²) < 4.78 is 6.07. The molecule has 1 aromatic heterocycles. The summed E-state index contributed by atoms with van der Waals surface area (Å²) >= 11 is 2.83. The largest absolute Gasteiger partial charge is 0.495 e. The minimum atomic E-state index is 0.0498. The third-order valence-electron chi connectivity index (χ3n) is 3.80. The number of para-hydroxylation sites is 2. The summed E-state index contributed by atoms with van der Waals surface area (Å²) in [4.78, 5) is 11.9. The molecule has 1 atom stereocenters. The molecule has 2 N–H and O–H groups in total. The topological polar surface area (TPSA) is 76.1 Å². The first-order chi connectivity index (χ1) is 11.7. The normalized spacial score (nSPS) is 14.9. The Bertz CT molecular complexity index is 703. The molecule has 1 fully saturated rings. The number of nitrogens with zero attached hydrogens (tertiary/aromatic N) is 2. The van der Waals surface area contributed by atoms with Gasteiger partial charge in [-0.05, 0) is 37.8 Å². The van der Waals surface area contributed by atoms with Crippen LogP contribution in [-0.2, 0) is 4.79 Å². The number of carbonyl (C=O) groups excluding carboxylic acids is 1. The van der Waals surface area contributed by atoms with Gasteiger partial charge < -0.3 is 15.4 Å². The number of hydrogen-bond donors (Lipinski definition) is 2. The minimum Gasteiger partial charge on any atom is -0.495 e. The molecular formula is C16H20N4O2S2. The summed E-state index contributed by atoms with van der Waals surface area (Å²) in [7, 11) is 1.63. The Morgan fingerprint density at radius 3 is 2.96 bits per heavy atom. The Labute approximate surface area is 149 Å². The maximum atomic E-state index is 11.9. The second kappa shape index (κ2) is 7.85. The SMILES string of the molecule is COc1ccccc1Nc1nnc(SCC(=O)N[C@@H](C)C2CC2)s1. The van der Waals surface area contributed by atoms with Gasteiger partial charge in [-0.1, -0.05) is 35.2 Å². The van der Waals surface area contributed by atoms with Crippen molar-refractivity contribution in [2.75, 3.05) is 18.2 Å². The molecule has 1 amide bonds. The molecule has 1 aliphatic rings. The summed E-state index contributed by atoms with van der Waals surface area (Å²) in [5, 5.41) is 15.1. The van der Waals surface area contributed by atoms with Crippen LogP contribution in [0.3, 0.4) is 0 Å². The molecule has 8 heteroatoms. The number of amides is 1. The summed E-state index contributed by atoms with van der Waals surface area (Å²) in [5.74, 6) is 1.82.